The van der Waals surface area contributed by atoms with Crippen LogP contribution in [0.15, 0.2) is 0 Å². The van der Waals surface area contributed by atoms with Gasteiger partial charge in [0.25, 0.3) is 0 Å². The summed E-state index contributed by atoms with van der Waals surface area (Å²) in [6.45, 7) is 4.25. The van der Waals surface area contributed by atoms with Gasteiger partial charge in [-0.05, 0) is 13.0 Å². The Bertz CT molecular complexity index is 173. The van der Waals surface area contributed by atoms with Gasteiger partial charge in [-0.3, -0.25) is 4.79 Å². The Morgan fingerprint density at radius 3 is 2.92 bits per heavy atom. The second kappa shape index (κ2) is 5.19. The van der Waals surface area contributed by atoms with E-state index in [1.807, 2.05) is 0 Å². The fraction of sp³-hybridized carbons (Fsp3) is 0.889. The monoisotopic (exact) mass is 186 g/mol. The van der Waals surface area contributed by atoms with E-state index >= 15 is 0 Å². The van der Waals surface area contributed by atoms with Crippen molar-refractivity contribution in [2.45, 2.75) is 19.4 Å². The number of rotatable bonds is 4. The first kappa shape index (κ1) is 10.5. The third-order valence-electron chi connectivity index (χ3n) is 2.32. The molecule has 0 bridgehead atoms. The van der Waals surface area contributed by atoms with Crippen LogP contribution < -0.4 is 10.6 Å². The molecule has 1 fully saturated rings. The number of carbonyl (C=O) groups is 1. The predicted octanol–water partition coefficient (Wildman–Crippen LogP) is -0.253. The molecular formula is C9H18N2O2. The Balaban J connectivity index is 2.39. The number of amides is 1. The van der Waals surface area contributed by atoms with Crippen LogP contribution in [0.5, 0.6) is 0 Å². The van der Waals surface area contributed by atoms with Crippen molar-refractivity contribution in [3.05, 3.63) is 0 Å². The van der Waals surface area contributed by atoms with Gasteiger partial charge in [0.05, 0.1) is 19.1 Å². The van der Waals surface area contributed by atoms with Crippen LogP contribution in [0.1, 0.15) is 13.3 Å². The lowest BCUT2D eigenvalue weighted by Gasteiger charge is -2.16. The molecule has 1 saturated heterocycles. The molecule has 0 aromatic heterocycles. The molecule has 4 heteroatoms. The summed E-state index contributed by atoms with van der Waals surface area (Å²) in [7, 11) is 1.66. The van der Waals surface area contributed by atoms with Crippen LogP contribution in [0.4, 0.5) is 0 Å². The maximum Gasteiger partial charge on any atom is 0.226 e. The number of hydrogen-bond donors (Lipinski definition) is 2. The highest BCUT2D eigenvalue weighted by atomic mass is 16.5. The average Bonchev–Trinajstić information content (AvgIpc) is 2.61. The second-order valence-corrected chi connectivity index (χ2v) is 3.32. The normalized spacial score (nSPS) is 27.5. The first-order valence-corrected chi connectivity index (χ1v) is 4.82. The Morgan fingerprint density at radius 2 is 2.31 bits per heavy atom. The van der Waals surface area contributed by atoms with Gasteiger partial charge in [-0.15, -0.1) is 0 Å². The molecular weight excluding hydrogens is 168 g/mol. The zero-order chi connectivity index (χ0) is 9.68. The number of carbonyl (C=O) groups excluding carboxylic acids is 1. The number of hydrogen-bond acceptors (Lipinski definition) is 3. The van der Waals surface area contributed by atoms with Gasteiger partial charge in [-0.1, -0.05) is 6.92 Å². The molecule has 2 N–H and O–H groups in total. The van der Waals surface area contributed by atoms with Gasteiger partial charge in [0.1, 0.15) is 0 Å². The van der Waals surface area contributed by atoms with Crippen molar-refractivity contribution in [3.8, 4) is 0 Å². The van der Waals surface area contributed by atoms with Crippen molar-refractivity contribution in [1.29, 1.82) is 0 Å². The standard InChI is InChI=1S/C9H18N2O2/c1-3-4-11-8-6-13-5-7(8)9(12)10-2/h7-8,11H,3-6H2,1-2H3,(H,10,12). The third kappa shape index (κ3) is 2.67. The van der Waals surface area contributed by atoms with E-state index in [0.717, 1.165) is 13.0 Å². The molecule has 0 spiro atoms. The molecule has 0 aliphatic carbocycles. The van der Waals surface area contributed by atoms with Crippen LogP contribution >= 0.6 is 0 Å². The van der Waals surface area contributed by atoms with E-state index < -0.39 is 0 Å². The fourth-order valence-corrected chi connectivity index (χ4v) is 1.53. The lowest BCUT2D eigenvalue weighted by atomic mass is 10.0. The van der Waals surface area contributed by atoms with Crippen LogP contribution in [0.25, 0.3) is 0 Å². The Kier molecular flexibility index (Phi) is 4.18. The molecule has 0 saturated carbocycles. The van der Waals surface area contributed by atoms with E-state index in [-0.39, 0.29) is 17.9 Å². The van der Waals surface area contributed by atoms with Crippen molar-refractivity contribution in [2.75, 3.05) is 26.8 Å². The summed E-state index contributed by atoms with van der Waals surface area (Å²) >= 11 is 0. The van der Waals surface area contributed by atoms with Crippen LogP contribution in [-0.4, -0.2) is 38.8 Å². The highest BCUT2D eigenvalue weighted by Crippen LogP contribution is 2.13. The molecule has 2 unspecified atom stereocenters. The fourth-order valence-electron chi connectivity index (χ4n) is 1.53. The van der Waals surface area contributed by atoms with Gasteiger partial charge in [-0.2, -0.15) is 0 Å². The largest absolute Gasteiger partial charge is 0.379 e. The molecule has 1 aliphatic heterocycles. The van der Waals surface area contributed by atoms with Crippen molar-refractivity contribution >= 4 is 5.91 Å². The number of nitrogens with one attached hydrogen (secondary N) is 2. The second-order valence-electron chi connectivity index (χ2n) is 3.32. The van der Waals surface area contributed by atoms with Gasteiger partial charge in [0.2, 0.25) is 5.91 Å². The van der Waals surface area contributed by atoms with Crippen molar-refractivity contribution < 1.29 is 9.53 Å². The maximum atomic E-state index is 11.4. The lowest BCUT2D eigenvalue weighted by Crippen LogP contribution is -2.43. The molecule has 1 aliphatic rings. The molecule has 13 heavy (non-hydrogen) atoms. The van der Waals surface area contributed by atoms with Crippen LogP contribution in [0.3, 0.4) is 0 Å². The van der Waals surface area contributed by atoms with Crippen molar-refractivity contribution in [1.82, 2.24) is 10.6 Å². The van der Waals surface area contributed by atoms with E-state index in [1.54, 1.807) is 7.05 Å². The maximum absolute atomic E-state index is 11.4. The molecule has 76 valence electrons. The Morgan fingerprint density at radius 1 is 1.54 bits per heavy atom. The van der Waals surface area contributed by atoms with E-state index in [0.29, 0.717) is 13.2 Å². The minimum Gasteiger partial charge on any atom is -0.379 e. The topological polar surface area (TPSA) is 50.4 Å². The first-order valence-electron chi connectivity index (χ1n) is 4.82. The summed E-state index contributed by atoms with van der Waals surface area (Å²) in [5, 5.41) is 5.97. The molecule has 1 rings (SSSR count). The zero-order valence-electron chi connectivity index (χ0n) is 8.30. The molecule has 1 heterocycles. The van der Waals surface area contributed by atoms with Gasteiger partial charge in [-0.25, -0.2) is 0 Å². The molecule has 0 radical (unpaired) electrons. The third-order valence-corrected chi connectivity index (χ3v) is 2.32. The summed E-state index contributed by atoms with van der Waals surface area (Å²) in [5.41, 5.74) is 0. The van der Waals surface area contributed by atoms with Crippen LogP contribution in [0.2, 0.25) is 0 Å². The van der Waals surface area contributed by atoms with Gasteiger partial charge < -0.3 is 15.4 Å². The molecule has 0 aromatic rings. The minimum atomic E-state index is -0.0171. The average molecular weight is 186 g/mol. The van der Waals surface area contributed by atoms with Crippen LogP contribution in [0, 0.1) is 5.92 Å². The summed E-state index contributed by atoms with van der Waals surface area (Å²) in [4.78, 5) is 11.4. The summed E-state index contributed by atoms with van der Waals surface area (Å²) < 4.78 is 5.27. The molecule has 1 amide bonds. The summed E-state index contributed by atoms with van der Waals surface area (Å²) in [6.07, 6.45) is 1.08. The zero-order valence-corrected chi connectivity index (χ0v) is 8.30. The smallest absolute Gasteiger partial charge is 0.226 e. The van der Waals surface area contributed by atoms with Gasteiger partial charge in [0.15, 0.2) is 0 Å². The summed E-state index contributed by atoms with van der Waals surface area (Å²) in [5.74, 6) is 0.0580. The molecule has 2 atom stereocenters. The van der Waals surface area contributed by atoms with Gasteiger partial charge >= 0.3 is 0 Å². The quantitative estimate of drug-likeness (QED) is 0.636. The van der Waals surface area contributed by atoms with E-state index in [1.165, 1.54) is 0 Å². The highest BCUT2D eigenvalue weighted by Gasteiger charge is 2.32. The minimum absolute atomic E-state index is 0.0171. The van der Waals surface area contributed by atoms with Gasteiger partial charge in [0, 0.05) is 13.1 Å². The molecule has 4 nitrogen and oxygen atoms in total. The van der Waals surface area contributed by atoms with Crippen molar-refractivity contribution in [2.24, 2.45) is 5.92 Å². The highest BCUT2D eigenvalue weighted by molar-refractivity contribution is 5.79. The van der Waals surface area contributed by atoms with E-state index in [2.05, 4.69) is 17.6 Å². The predicted molar refractivity (Wildman–Crippen MR) is 50.5 cm³/mol. The Hall–Kier alpha value is -0.610. The van der Waals surface area contributed by atoms with E-state index in [4.69, 9.17) is 4.74 Å². The van der Waals surface area contributed by atoms with Crippen molar-refractivity contribution in [3.63, 3.8) is 0 Å². The number of ether oxygens (including phenoxy) is 1. The first-order chi connectivity index (χ1) is 6.29. The molecule has 0 aromatic carbocycles. The lowest BCUT2D eigenvalue weighted by molar-refractivity contribution is -0.124. The Labute approximate surface area is 79.0 Å². The van der Waals surface area contributed by atoms with Crippen LogP contribution in [-0.2, 0) is 9.53 Å². The van der Waals surface area contributed by atoms with E-state index in [9.17, 15) is 4.79 Å². The summed E-state index contributed by atoms with van der Waals surface area (Å²) in [6, 6.07) is 0.194. The SMILES string of the molecule is CCCNC1COCC1C(=O)NC.